The minimum atomic E-state index is -3.75. The van der Waals surface area contributed by atoms with Gasteiger partial charge >= 0.3 is 0 Å². The summed E-state index contributed by atoms with van der Waals surface area (Å²) in [4.78, 5) is 0.00532. The van der Waals surface area contributed by atoms with Crippen LogP contribution < -0.4 is 0 Å². The van der Waals surface area contributed by atoms with E-state index in [2.05, 4.69) is 0 Å². The molecule has 138 valence electrons. The van der Waals surface area contributed by atoms with Crippen LogP contribution in [0.25, 0.3) is 11.1 Å². The molecule has 0 aliphatic carbocycles. The number of hydrogen-bond donors (Lipinski definition) is 0. The van der Waals surface area contributed by atoms with Crippen LogP contribution in [0.2, 0.25) is 0 Å². The Labute approximate surface area is 157 Å². The summed E-state index contributed by atoms with van der Waals surface area (Å²) in [5, 5.41) is 0. The molecule has 0 N–H and O–H groups in total. The van der Waals surface area contributed by atoms with Crippen molar-refractivity contribution in [3.63, 3.8) is 0 Å². The number of benzene rings is 2. The van der Waals surface area contributed by atoms with Gasteiger partial charge in [-0.3, -0.25) is 0 Å². The third kappa shape index (κ3) is 7.33. The maximum atomic E-state index is 11.1. The van der Waals surface area contributed by atoms with Crippen LogP contribution in [-0.4, -0.2) is 30.0 Å². The lowest BCUT2D eigenvalue weighted by molar-refractivity contribution is 0.162. The molecule has 0 spiro atoms. The van der Waals surface area contributed by atoms with Crippen LogP contribution in [0.4, 0.5) is 0 Å². The monoisotopic (exact) mass is 424 g/mol. The largest absolute Gasteiger partial charge is 0.382 e. The minimum Gasteiger partial charge on any atom is -0.382 e. The Morgan fingerprint density at radius 3 is 1.12 bits per heavy atom. The summed E-state index contributed by atoms with van der Waals surface area (Å²) in [5.41, 5.74) is 1.46. The van der Waals surface area contributed by atoms with E-state index in [0.29, 0.717) is 0 Å². The van der Waals surface area contributed by atoms with Crippen LogP contribution in [0.3, 0.4) is 0 Å². The Hall–Kier alpha value is -1.12. The maximum Gasteiger partial charge on any atom is 0.261 e. The lowest BCUT2D eigenvalue weighted by Gasteiger charge is -2.03. The second-order valence-electron chi connectivity index (χ2n) is 4.71. The predicted molar refractivity (Wildman–Crippen MR) is 100 cm³/mol. The van der Waals surface area contributed by atoms with Crippen molar-refractivity contribution in [1.29, 1.82) is 0 Å². The lowest BCUT2D eigenvalue weighted by atomic mass is 10.1. The van der Waals surface area contributed by atoms with E-state index in [4.69, 9.17) is 26.1 Å². The molecular formula is C16H18Cl2O5S2. The standard InChI is InChI=1S/C12H8Cl2O4S2.C4H10O/c13-19(15,16)11-5-1-9(2-6-11)10-3-7-12(8-4-10)20(14,17)18;1-3-5-4-2/h1-8H;3-4H2,1-2H3. The van der Waals surface area contributed by atoms with Gasteiger partial charge in [0.2, 0.25) is 0 Å². The zero-order valence-corrected chi connectivity index (χ0v) is 16.8. The first-order chi connectivity index (χ1) is 11.6. The highest BCUT2D eigenvalue weighted by Crippen LogP contribution is 2.25. The first-order valence-electron chi connectivity index (χ1n) is 7.27. The highest BCUT2D eigenvalue weighted by atomic mass is 35.7. The Balaban J connectivity index is 0.000000550. The van der Waals surface area contributed by atoms with Gasteiger partial charge in [-0.05, 0) is 49.2 Å². The van der Waals surface area contributed by atoms with Gasteiger partial charge in [-0.25, -0.2) is 16.8 Å². The predicted octanol–water partition coefficient (Wildman–Crippen LogP) is 4.25. The first-order valence-corrected chi connectivity index (χ1v) is 11.9. The fraction of sp³-hybridized carbons (Fsp3) is 0.250. The summed E-state index contributed by atoms with van der Waals surface area (Å²) in [6, 6.07) is 11.8. The molecule has 0 saturated carbocycles. The van der Waals surface area contributed by atoms with Crippen molar-refractivity contribution in [2.24, 2.45) is 0 Å². The molecule has 0 aliphatic heterocycles. The molecule has 2 rings (SSSR count). The van der Waals surface area contributed by atoms with E-state index in [-0.39, 0.29) is 9.79 Å². The normalized spacial score (nSPS) is 11.5. The van der Waals surface area contributed by atoms with Gasteiger partial charge in [0.05, 0.1) is 9.79 Å². The van der Waals surface area contributed by atoms with Crippen molar-refractivity contribution in [2.45, 2.75) is 23.6 Å². The highest BCUT2D eigenvalue weighted by molar-refractivity contribution is 8.14. The third-order valence-corrected chi connectivity index (χ3v) is 5.75. The number of ether oxygens (including phenoxy) is 1. The molecule has 0 unspecified atom stereocenters. The second kappa shape index (κ2) is 9.54. The van der Waals surface area contributed by atoms with Crippen molar-refractivity contribution in [1.82, 2.24) is 0 Å². The second-order valence-corrected chi connectivity index (χ2v) is 9.84. The van der Waals surface area contributed by atoms with Crippen LogP contribution in [0.15, 0.2) is 58.3 Å². The molecule has 0 atom stereocenters. The van der Waals surface area contributed by atoms with Crippen molar-refractivity contribution >= 4 is 39.5 Å². The molecular weight excluding hydrogens is 407 g/mol. The molecule has 0 heterocycles. The molecule has 0 aromatic heterocycles. The average molecular weight is 425 g/mol. The van der Waals surface area contributed by atoms with E-state index in [1.165, 1.54) is 24.3 Å². The van der Waals surface area contributed by atoms with Crippen molar-refractivity contribution in [2.75, 3.05) is 13.2 Å². The Bertz CT molecular complexity index is 800. The molecule has 0 bridgehead atoms. The van der Waals surface area contributed by atoms with E-state index in [1.807, 2.05) is 13.8 Å². The lowest BCUT2D eigenvalue weighted by Crippen LogP contribution is -1.91. The molecule has 0 fully saturated rings. The highest BCUT2D eigenvalue weighted by Gasteiger charge is 2.11. The SMILES string of the molecule is CCOCC.O=S(=O)(Cl)c1ccc(-c2ccc(S(=O)(=O)Cl)cc2)cc1. The van der Waals surface area contributed by atoms with Gasteiger partial charge in [-0.1, -0.05) is 24.3 Å². The van der Waals surface area contributed by atoms with Gasteiger partial charge < -0.3 is 4.74 Å². The van der Waals surface area contributed by atoms with Crippen LogP contribution >= 0.6 is 21.4 Å². The van der Waals surface area contributed by atoms with Crippen LogP contribution in [0.1, 0.15) is 13.8 Å². The molecule has 25 heavy (non-hydrogen) atoms. The van der Waals surface area contributed by atoms with Crippen molar-refractivity contribution in [3.05, 3.63) is 48.5 Å². The first kappa shape index (κ1) is 21.9. The van der Waals surface area contributed by atoms with Crippen LogP contribution in [-0.2, 0) is 22.8 Å². The fourth-order valence-electron chi connectivity index (χ4n) is 1.82. The van der Waals surface area contributed by atoms with E-state index in [9.17, 15) is 16.8 Å². The van der Waals surface area contributed by atoms with Gasteiger partial charge in [0.25, 0.3) is 18.1 Å². The zero-order chi connectivity index (χ0) is 19.1. The summed E-state index contributed by atoms with van der Waals surface area (Å²) >= 11 is 0. The molecule has 9 heteroatoms. The molecule has 0 radical (unpaired) electrons. The Kier molecular flexibility index (Phi) is 8.37. The van der Waals surface area contributed by atoms with Crippen molar-refractivity contribution < 1.29 is 21.6 Å². The van der Waals surface area contributed by atoms with Crippen molar-refractivity contribution in [3.8, 4) is 11.1 Å². The van der Waals surface area contributed by atoms with E-state index in [0.717, 1.165) is 24.3 Å². The van der Waals surface area contributed by atoms with E-state index >= 15 is 0 Å². The summed E-state index contributed by atoms with van der Waals surface area (Å²) in [6.45, 7) is 5.67. The number of rotatable bonds is 5. The van der Waals surface area contributed by atoms with Gasteiger partial charge in [0.1, 0.15) is 0 Å². The molecule has 2 aromatic rings. The van der Waals surface area contributed by atoms with E-state index < -0.39 is 18.1 Å². The minimum absolute atomic E-state index is 0.00266. The third-order valence-electron chi connectivity index (χ3n) is 3.01. The van der Waals surface area contributed by atoms with Gasteiger partial charge in [0.15, 0.2) is 0 Å². The quantitative estimate of drug-likeness (QED) is 0.670. The molecule has 2 aromatic carbocycles. The van der Waals surface area contributed by atoms with Gasteiger partial charge in [-0.15, -0.1) is 0 Å². The zero-order valence-electron chi connectivity index (χ0n) is 13.6. The van der Waals surface area contributed by atoms with Gasteiger partial charge in [0, 0.05) is 34.6 Å². The molecule has 0 amide bonds. The van der Waals surface area contributed by atoms with E-state index in [1.54, 1.807) is 24.3 Å². The number of hydrogen-bond acceptors (Lipinski definition) is 5. The summed E-state index contributed by atoms with van der Waals surface area (Å²) in [6.07, 6.45) is 0. The molecule has 0 saturated heterocycles. The summed E-state index contributed by atoms with van der Waals surface area (Å²) < 4.78 is 49.3. The van der Waals surface area contributed by atoms with Gasteiger partial charge in [-0.2, -0.15) is 0 Å². The Morgan fingerprint density at radius 1 is 0.680 bits per heavy atom. The summed E-state index contributed by atoms with van der Waals surface area (Å²) in [7, 11) is 2.93. The fourth-order valence-corrected chi connectivity index (χ4v) is 3.36. The van der Waals surface area contributed by atoms with Crippen LogP contribution in [0.5, 0.6) is 0 Å². The van der Waals surface area contributed by atoms with Crippen LogP contribution in [0, 0.1) is 0 Å². The summed E-state index contributed by atoms with van der Waals surface area (Å²) in [5.74, 6) is 0. The molecule has 0 aliphatic rings. The number of halogens is 2. The Morgan fingerprint density at radius 2 is 0.960 bits per heavy atom. The smallest absolute Gasteiger partial charge is 0.261 e. The topological polar surface area (TPSA) is 77.5 Å². The molecule has 5 nitrogen and oxygen atoms in total. The maximum absolute atomic E-state index is 11.1. The average Bonchev–Trinajstić information content (AvgIpc) is 2.55.